The maximum atomic E-state index is 5.96. The lowest BCUT2D eigenvalue weighted by molar-refractivity contribution is 0.203. The van der Waals surface area contributed by atoms with Gasteiger partial charge in [0, 0.05) is 43.2 Å². The summed E-state index contributed by atoms with van der Waals surface area (Å²) in [5, 5.41) is 0. The summed E-state index contributed by atoms with van der Waals surface area (Å²) >= 11 is 0. The third-order valence-corrected chi connectivity index (χ3v) is 2.78. The van der Waals surface area contributed by atoms with Crippen molar-refractivity contribution in [1.82, 2.24) is 0 Å². The van der Waals surface area contributed by atoms with Crippen molar-refractivity contribution in [1.29, 1.82) is 0 Å². The van der Waals surface area contributed by atoms with E-state index >= 15 is 0 Å². The highest BCUT2D eigenvalue weighted by molar-refractivity contribution is 5.61. The van der Waals surface area contributed by atoms with E-state index in [9.17, 15) is 0 Å². The molecule has 0 saturated carbocycles. The minimum absolute atomic E-state index is 0.140. The smallest absolute Gasteiger partial charge is 0.123 e. The molecule has 0 saturated heterocycles. The summed E-state index contributed by atoms with van der Waals surface area (Å²) in [7, 11) is 1.71. The zero-order chi connectivity index (χ0) is 14.4. The van der Waals surface area contributed by atoms with Gasteiger partial charge < -0.3 is 20.1 Å². The van der Waals surface area contributed by atoms with Gasteiger partial charge in [-0.15, -0.1) is 0 Å². The first-order valence-electron chi connectivity index (χ1n) is 6.76. The molecular formula is C15H26N2O2. The maximum Gasteiger partial charge on any atom is 0.123 e. The average Bonchev–Trinajstić information content (AvgIpc) is 2.27. The molecule has 1 aromatic rings. The molecule has 0 aliphatic heterocycles. The molecule has 0 aliphatic carbocycles. The first-order chi connectivity index (χ1) is 8.93. The fourth-order valence-electron chi connectivity index (χ4n) is 1.99. The molecule has 108 valence electrons. The fraction of sp³-hybridized carbons (Fsp3) is 0.600. The second-order valence-corrected chi connectivity index (χ2v) is 5.21. The van der Waals surface area contributed by atoms with Crippen molar-refractivity contribution in [3.8, 4) is 5.75 Å². The quantitative estimate of drug-likeness (QED) is 0.771. The Morgan fingerprint density at radius 1 is 1.16 bits per heavy atom. The Labute approximate surface area is 116 Å². The first kappa shape index (κ1) is 15.6. The predicted octanol–water partition coefficient (Wildman–Crippen LogP) is 2.92. The third kappa shape index (κ3) is 4.99. The molecule has 0 atom stereocenters. The highest BCUT2D eigenvalue weighted by Crippen LogP contribution is 2.27. The van der Waals surface area contributed by atoms with Crippen molar-refractivity contribution in [3.63, 3.8) is 0 Å². The van der Waals surface area contributed by atoms with Crippen LogP contribution in [0.2, 0.25) is 0 Å². The van der Waals surface area contributed by atoms with Crippen LogP contribution in [0.4, 0.5) is 11.4 Å². The van der Waals surface area contributed by atoms with Crippen LogP contribution in [0.1, 0.15) is 27.7 Å². The van der Waals surface area contributed by atoms with Crippen LogP contribution < -0.4 is 15.4 Å². The van der Waals surface area contributed by atoms with E-state index in [-0.39, 0.29) is 6.10 Å². The highest BCUT2D eigenvalue weighted by Gasteiger charge is 2.12. The SMILES string of the molecule is COCCN(c1cc(N)cc(OC(C)C)c1)C(C)C. The van der Waals surface area contributed by atoms with Gasteiger partial charge in [0.05, 0.1) is 12.7 Å². The number of nitrogen functional groups attached to an aromatic ring is 1. The van der Waals surface area contributed by atoms with Crippen molar-refractivity contribution in [3.05, 3.63) is 18.2 Å². The Hall–Kier alpha value is -1.42. The Kier molecular flexibility index (Phi) is 5.96. The molecule has 0 amide bonds. The van der Waals surface area contributed by atoms with Crippen LogP contribution in [-0.4, -0.2) is 32.4 Å². The molecule has 0 aromatic heterocycles. The van der Waals surface area contributed by atoms with Crippen LogP contribution in [0.3, 0.4) is 0 Å². The number of nitrogens with zero attached hydrogens (tertiary/aromatic N) is 1. The summed E-state index contributed by atoms with van der Waals surface area (Å²) in [5.74, 6) is 0.813. The topological polar surface area (TPSA) is 47.7 Å². The minimum atomic E-state index is 0.140. The number of methoxy groups -OCH3 is 1. The van der Waals surface area contributed by atoms with Gasteiger partial charge in [0.25, 0.3) is 0 Å². The van der Waals surface area contributed by atoms with Crippen LogP contribution in [0.15, 0.2) is 18.2 Å². The summed E-state index contributed by atoms with van der Waals surface area (Å²) in [6, 6.07) is 6.25. The third-order valence-electron chi connectivity index (χ3n) is 2.78. The predicted molar refractivity (Wildman–Crippen MR) is 81.0 cm³/mol. The molecule has 19 heavy (non-hydrogen) atoms. The monoisotopic (exact) mass is 266 g/mol. The number of ether oxygens (including phenoxy) is 2. The lowest BCUT2D eigenvalue weighted by Gasteiger charge is -2.29. The first-order valence-corrected chi connectivity index (χ1v) is 6.76. The average molecular weight is 266 g/mol. The molecule has 0 heterocycles. The maximum absolute atomic E-state index is 5.96. The van der Waals surface area contributed by atoms with Gasteiger partial charge in [0.2, 0.25) is 0 Å². The second-order valence-electron chi connectivity index (χ2n) is 5.21. The van der Waals surface area contributed by atoms with E-state index < -0.39 is 0 Å². The molecule has 4 heteroatoms. The molecule has 0 fully saturated rings. The van der Waals surface area contributed by atoms with Crippen LogP contribution in [0, 0.1) is 0 Å². The summed E-state index contributed by atoms with van der Waals surface area (Å²) in [4.78, 5) is 2.26. The zero-order valence-electron chi connectivity index (χ0n) is 12.6. The van der Waals surface area contributed by atoms with Crippen molar-refractivity contribution in [2.45, 2.75) is 39.8 Å². The molecule has 1 rings (SSSR count). The molecule has 0 aliphatic rings. The highest BCUT2D eigenvalue weighted by atomic mass is 16.5. The minimum Gasteiger partial charge on any atom is -0.491 e. The van der Waals surface area contributed by atoms with E-state index in [1.54, 1.807) is 7.11 Å². The van der Waals surface area contributed by atoms with Gasteiger partial charge in [-0.1, -0.05) is 0 Å². The summed E-state index contributed by atoms with van der Waals surface area (Å²) in [6.45, 7) is 9.84. The number of hydrogen-bond acceptors (Lipinski definition) is 4. The van der Waals surface area contributed by atoms with Gasteiger partial charge >= 0.3 is 0 Å². The van der Waals surface area contributed by atoms with Gasteiger partial charge in [0.1, 0.15) is 5.75 Å². The Morgan fingerprint density at radius 3 is 2.37 bits per heavy atom. The van der Waals surface area contributed by atoms with E-state index in [2.05, 4.69) is 18.7 Å². The Morgan fingerprint density at radius 2 is 1.84 bits per heavy atom. The number of benzene rings is 1. The second kappa shape index (κ2) is 7.24. The van der Waals surface area contributed by atoms with Crippen LogP contribution in [-0.2, 0) is 4.74 Å². The Balaban J connectivity index is 2.98. The summed E-state index contributed by atoms with van der Waals surface area (Å²) in [6.07, 6.45) is 0.140. The zero-order valence-corrected chi connectivity index (χ0v) is 12.6. The van der Waals surface area contributed by atoms with Crippen LogP contribution in [0.5, 0.6) is 5.75 Å². The summed E-state index contributed by atoms with van der Waals surface area (Å²) in [5.41, 5.74) is 7.75. The number of hydrogen-bond donors (Lipinski definition) is 1. The Bertz CT molecular complexity index is 392. The van der Waals surface area contributed by atoms with Crippen molar-refractivity contribution >= 4 is 11.4 Å². The molecule has 0 bridgehead atoms. The van der Waals surface area contributed by atoms with Gasteiger partial charge in [-0.3, -0.25) is 0 Å². The number of anilines is 2. The van der Waals surface area contributed by atoms with Crippen LogP contribution >= 0.6 is 0 Å². The fourth-order valence-corrected chi connectivity index (χ4v) is 1.99. The molecule has 2 N–H and O–H groups in total. The normalized spacial score (nSPS) is 11.1. The summed E-state index contributed by atoms with van der Waals surface area (Å²) < 4.78 is 10.9. The molecule has 0 spiro atoms. The van der Waals surface area contributed by atoms with E-state index in [4.69, 9.17) is 15.2 Å². The van der Waals surface area contributed by atoms with E-state index in [1.165, 1.54) is 0 Å². The van der Waals surface area contributed by atoms with Crippen LogP contribution in [0.25, 0.3) is 0 Å². The lowest BCUT2D eigenvalue weighted by atomic mass is 10.2. The molecule has 1 aromatic carbocycles. The van der Waals surface area contributed by atoms with Gasteiger partial charge in [-0.05, 0) is 33.8 Å². The lowest BCUT2D eigenvalue weighted by Crippen LogP contribution is -2.33. The largest absolute Gasteiger partial charge is 0.491 e. The van der Waals surface area contributed by atoms with Crippen molar-refractivity contribution in [2.75, 3.05) is 30.9 Å². The van der Waals surface area contributed by atoms with Crippen molar-refractivity contribution in [2.24, 2.45) is 0 Å². The van der Waals surface area contributed by atoms with E-state index in [1.807, 2.05) is 32.0 Å². The van der Waals surface area contributed by atoms with Gasteiger partial charge in [0.15, 0.2) is 0 Å². The van der Waals surface area contributed by atoms with Gasteiger partial charge in [-0.2, -0.15) is 0 Å². The molecule has 4 nitrogen and oxygen atoms in total. The molecular weight excluding hydrogens is 240 g/mol. The molecule has 0 radical (unpaired) electrons. The standard InChI is InChI=1S/C15H26N2O2/c1-11(2)17(6-7-18-5)14-8-13(16)9-15(10-14)19-12(3)4/h8-12H,6-7,16H2,1-5H3. The molecule has 0 unspecified atom stereocenters. The number of rotatable bonds is 7. The number of nitrogens with two attached hydrogens (primary N) is 1. The van der Waals surface area contributed by atoms with E-state index in [0.717, 1.165) is 23.7 Å². The van der Waals surface area contributed by atoms with E-state index in [0.29, 0.717) is 12.6 Å². The van der Waals surface area contributed by atoms with Gasteiger partial charge in [-0.25, -0.2) is 0 Å². The van der Waals surface area contributed by atoms with Crippen molar-refractivity contribution < 1.29 is 9.47 Å².